The van der Waals surface area contributed by atoms with Crippen LogP contribution in [0.15, 0.2) is 33.9 Å². The summed E-state index contributed by atoms with van der Waals surface area (Å²) in [6.07, 6.45) is 0. The van der Waals surface area contributed by atoms with E-state index in [0.717, 1.165) is 21.8 Å². The highest BCUT2D eigenvalue weighted by molar-refractivity contribution is 9.10. The largest absolute Gasteiger partial charge is 0.338 e. The summed E-state index contributed by atoms with van der Waals surface area (Å²) in [5, 5.41) is 13.1. The van der Waals surface area contributed by atoms with Gasteiger partial charge in [0, 0.05) is 16.6 Å². The van der Waals surface area contributed by atoms with E-state index in [1.807, 2.05) is 24.3 Å². The van der Waals surface area contributed by atoms with Gasteiger partial charge in [0.15, 0.2) is 5.82 Å². The van der Waals surface area contributed by atoms with Crippen molar-refractivity contribution in [2.45, 2.75) is 12.1 Å². The van der Waals surface area contributed by atoms with Crippen LogP contribution in [0, 0.1) is 0 Å². The summed E-state index contributed by atoms with van der Waals surface area (Å²) < 4.78 is 2.15. The average Bonchev–Trinajstić information content (AvgIpc) is 2.87. The van der Waals surface area contributed by atoms with Gasteiger partial charge in [0.2, 0.25) is 11.1 Å². The zero-order valence-corrected chi connectivity index (χ0v) is 14.6. The van der Waals surface area contributed by atoms with Crippen LogP contribution in [0.5, 0.6) is 0 Å². The Morgan fingerprint density at radius 2 is 2.09 bits per heavy atom. The average molecular weight is 399 g/mol. The Balaban J connectivity index is 2.02. The smallest absolute Gasteiger partial charge is 0.321 e. The van der Waals surface area contributed by atoms with Gasteiger partial charge in [-0.05, 0) is 19.1 Å². The fraction of sp³-hybridized carbons (Fsp3) is 0.231. The first-order valence-corrected chi connectivity index (χ1v) is 8.46. The summed E-state index contributed by atoms with van der Waals surface area (Å²) in [6.45, 7) is 2.21. The van der Waals surface area contributed by atoms with Crippen molar-refractivity contribution in [2.75, 3.05) is 18.1 Å². The van der Waals surface area contributed by atoms with Gasteiger partial charge in [0.25, 0.3) is 0 Å². The third-order valence-electron chi connectivity index (χ3n) is 2.70. The van der Waals surface area contributed by atoms with Crippen LogP contribution in [0.3, 0.4) is 0 Å². The Morgan fingerprint density at radius 1 is 1.35 bits per heavy atom. The number of benzene rings is 1. The van der Waals surface area contributed by atoms with Crippen LogP contribution in [0.25, 0.3) is 11.4 Å². The predicted molar refractivity (Wildman–Crippen MR) is 91.2 cm³/mol. The van der Waals surface area contributed by atoms with Crippen molar-refractivity contribution in [1.82, 2.24) is 25.5 Å². The van der Waals surface area contributed by atoms with Gasteiger partial charge >= 0.3 is 6.03 Å². The van der Waals surface area contributed by atoms with Crippen molar-refractivity contribution in [1.29, 1.82) is 0 Å². The predicted octanol–water partition coefficient (Wildman–Crippen LogP) is 1.36. The van der Waals surface area contributed by atoms with Crippen molar-refractivity contribution in [2.24, 2.45) is 0 Å². The third-order valence-corrected chi connectivity index (χ3v) is 4.34. The number of carbonyl (C=O) groups excluding carboxylic acids is 2. The number of urea groups is 1. The normalized spacial score (nSPS) is 10.3. The van der Waals surface area contributed by atoms with E-state index in [1.54, 1.807) is 6.92 Å². The maximum Gasteiger partial charge on any atom is 0.321 e. The molecule has 0 saturated carbocycles. The van der Waals surface area contributed by atoms with Crippen LogP contribution in [0.1, 0.15) is 6.92 Å². The topological polar surface area (TPSA) is 115 Å². The van der Waals surface area contributed by atoms with Crippen LogP contribution in [-0.4, -0.2) is 39.1 Å². The summed E-state index contributed by atoms with van der Waals surface area (Å²) in [5.41, 5.74) is 0.793. The number of nitrogens with zero attached hydrogens (tertiary/aromatic N) is 3. The number of nitrogen functional groups attached to an aromatic ring is 1. The quantitative estimate of drug-likeness (QED) is 0.517. The van der Waals surface area contributed by atoms with E-state index >= 15 is 0 Å². The van der Waals surface area contributed by atoms with Gasteiger partial charge in [0.1, 0.15) is 0 Å². The molecule has 1 heterocycles. The standard InChI is InChI=1S/C13H15BrN6O2S/c1-2-16-12(22)17-10(21)7-23-13-19-18-11(20(13)15)8-5-3-4-6-9(8)14/h3-6H,2,7,15H2,1H3,(H2,16,17,21,22). The van der Waals surface area contributed by atoms with Crippen LogP contribution in [-0.2, 0) is 4.79 Å². The summed E-state index contributed by atoms with van der Waals surface area (Å²) in [4.78, 5) is 22.9. The molecule has 0 atom stereocenters. The number of hydrogen-bond acceptors (Lipinski definition) is 6. The van der Waals surface area contributed by atoms with Gasteiger partial charge < -0.3 is 11.2 Å². The minimum atomic E-state index is -0.527. The molecule has 4 N–H and O–H groups in total. The highest BCUT2D eigenvalue weighted by atomic mass is 79.9. The number of amides is 3. The van der Waals surface area contributed by atoms with Crippen LogP contribution in [0.2, 0.25) is 0 Å². The second-order valence-electron chi connectivity index (χ2n) is 4.35. The van der Waals surface area contributed by atoms with Gasteiger partial charge in [-0.2, -0.15) is 0 Å². The minimum absolute atomic E-state index is 0.00241. The van der Waals surface area contributed by atoms with E-state index in [2.05, 4.69) is 36.8 Å². The van der Waals surface area contributed by atoms with Crippen molar-refractivity contribution in [3.8, 4) is 11.4 Å². The molecule has 23 heavy (non-hydrogen) atoms. The number of nitrogens with two attached hydrogens (primary N) is 1. The molecule has 0 spiro atoms. The molecule has 10 heteroatoms. The maximum absolute atomic E-state index is 11.6. The SMILES string of the molecule is CCNC(=O)NC(=O)CSc1nnc(-c2ccccc2Br)n1N. The number of imide groups is 1. The van der Waals surface area contributed by atoms with Crippen LogP contribution in [0.4, 0.5) is 4.79 Å². The lowest BCUT2D eigenvalue weighted by Gasteiger charge is -2.06. The molecular weight excluding hydrogens is 384 g/mol. The van der Waals surface area contributed by atoms with Gasteiger partial charge in [0.05, 0.1) is 5.75 Å². The molecular formula is C13H15BrN6O2S. The van der Waals surface area contributed by atoms with Gasteiger partial charge in [-0.25, -0.2) is 9.47 Å². The van der Waals surface area contributed by atoms with Gasteiger partial charge in [-0.1, -0.05) is 39.8 Å². The fourth-order valence-corrected chi connectivity index (χ4v) is 2.82. The Morgan fingerprint density at radius 3 is 2.78 bits per heavy atom. The zero-order chi connectivity index (χ0) is 16.8. The summed E-state index contributed by atoms with van der Waals surface area (Å²) in [7, 11) is 0. The first kappa shape index (κ1) is 17.3. The van der Waals surface area contributed by atoms with Crippen molar-refractivity contribution in [3.63, 3.8) is 0 Å². The Labute approximate surface area is 145 Å². The molecule has 0 radical (unpaired) electrons. The second kappa shape index (κ2) is 7.97. The molecule has 3 amide bonds. The Hall–Kier alpha value is -2.07. The monoisotopic (exact) mass is 398 g/mol. The Bertz CT molecular complexity index is 720. The van der Waals surface area contributed by atoms with Gasteiger partial charge in [-0.3, -0.25) is 10.1 Å². The molecule has 8 nitrogen and oxygen atoms in total. The number of thioether (sulfide) groups is 1. The van der Waals surface area contributed by atoms with Crippen molar-refractivity contribution < 1.29 is 9.59 Å². The van der Waals surface area contributed by atoms with E-state index in [1.165, 1.54) is 4.68 Å². The molecule has 0 fully saturated rings. The number of nitrogens with one attached hydrogen (secondary N) is 2. The lowest BCUT2D eigenvalue weighted by atomic mass is 10.2. The Kier molecular flexibility index (Phi) is 5.99. The highest BCUT2D eigenvalue weighted by Crippen LogP contribution is 2.27. The van der Waals surface area contributed by atoms with E-state index in [4.69, 9.17) is 5.84 Å². The van der Waals surface area contributed by atoms with E-state index in [9.17, 15) is 9.59 Å². The lowest BCUT2D eigenvalue weighted by molar-refractivity contribution is -0.117. The third kappa shape index (κ3) is 4.45. The number of rotatable bonds is 5. The maximum atomic E-state index is 11.6. The molecule has 2 aromatic rings. The molecule has 0 aliphatic heterocycles. The number of hydrogen-bond donors (Lipinski definition) is 3. The molecule has 0 unspecified atom stereocenters. The van der Waals surface area contributed by atoms with E-state index in [0.29, 0.717) is 17.5 Å². The highest BCUT2D eigenvalue weighted by Gasteiger charge is 2.16. The van der Waals surface area contributed by atoms with E-state index in [-0.39, 0.29) is 5.75 Å². The molecule has 122 valence electrons. The minimum Gasteiger partial charge on any atom is -0.338 e. The van der Waals surface area contributed by atoms with Crippen LogP contribution < -0.4 is 16.5 Å². The van der Waals surface area contributed by atoms with Crippen molar-refractivity contribution in [3.05, 3.63) is 28.7 Å². The van der Waals surface area contributed by atoms with Gasteiger partial charge in [-0.15, -0.1) is 10.2 Å². The summed E-state index contributed by atoms with van der Waals surface area (Å²) in [5.74, 6) is 6.02. The summed E-state index contributed by atoms with van der Waals surface area (Å²) in [6, 6.07) is 6.94. The first-order valence-electron chi connectivity index (χ1n) is 6.68. The molecule has 2 rings (SSSR count). The van der Waals surface area contributed by atoms with Crippen LogP contribution >= 0.6 is 27.7 Å². The number of aromatic nitrogens is 3. The first-order chi connectivity index (χ1) is 11.0. The molecule has 0 saturated heterocycles. The van der Waals surface area contributed by atoms with E-state index < -0.39 is 11.9 Å². The van der Waals surface area contributed by atoms with Crippen molar-refractivity contribution >= 4 is 39.6 Å². The summed E-state index contributed by atoms with van der Waals surface area (Å²) >= 11 is 4.52. The fourth-order valence-electron chi connectivity index (χ4n) is 1.70. The molecule has 0 bridgehead atoms. The lowest BCUT2D eigenvalue weighted by Crippen LogP contribution is -2.40. The molecule has 1 aromatic carbocycles. The second-order valence-corrected chi connectivity index (χ2v) is 6.15. The molecule has 1 aromatic heterocycles. The zero-order valence-electron chi connectivity index (χ0n) is 12.2. The number of carbonyl (C=O) groups is 2. The molecule has 0 aliphatic rings. The molecule has 0 aliphatic carbocycles. The number of halogens is 1.